The Labute approximate surface area is 157 Å². The number of rotatable bonds is 3. The molecule has 4 aromatic rings. The van der Waals surface area contributed by atoms with E-state index in [-0.39, 0.29) is 5.82 Å². The van der Waals surface area contributed by atoms with Crippen molar-refractivity contribution < 1.29 is 4.39 Å². The van der Waals surface area contributed by atoms with E-state index in [0.29, 0.717) is 0 Å². The lowest BCUT2D eigenvalue weighted by Crippen LogP contribution is -2.20. The van der Waals surface area contributed by atoms with Gasteiger partial charge >= 0.3 is 0 Å². The number of aromatic nitrogens is 2. The van der Waals surface area contributed by atoms with Crippen molar-refractivity contribution in [1.82, 2.24) is 9.97 Å². The Morgan fingerprint density at radius 2 is 1.81 bits per heavy atom. The fourth-order valence-corrected chi connectivity index (χ4v) is 3.75. The zero-order chi connectivity index (χ0) is 19.1. The van der Waals surface area contributed by atoms with E-state index in [0.717, 1.165) is 55.1 Å². The number of benzene rings is 2. The Morgan fingerprint density at radius 3 is 2.52 bits per heavy atom. The van der Waals surface area contributed by atoms with Crippen LogP contribution in [0.3, 0.4) is 0 Å². The van der Waals surface area contributed by atoms with Gasteiger partial charge in [0, 0.05) is 44.0 Å². The van der Waals surface area contributed by atoms with Crippen LogP contribution in [-0.2, 0) is 0 Å². The summed E-state index contributed by atoms with van der Waals surface area (Å²) in [5.74, 6) is -0.260. The molecule has 0 aliphatic rings. The van der Waals surface area contributed by atoms with Gasteiger partial charge in [0.2, 0.25) is 0 Å². The average molecular weight is 356 g/mol. The van der Waals surface area contributed by atoms with Gasteiger partial charge in [-0.2, -0.15) is 0 Å². The summed E-state index contributed by atoms with van der Waals surface area (Å²) < 4.78 is 13.8. The second kappa shape index (κ2) is 6.44. The van der Waals surface area contributed by atoms with Crippen molar-refractivity contribution >= 4 is 29.1 Å². The Bertz CT molecular complexity index is 1270. The molecule has 4 rings (SSSR count). The summed E-state index contributed by atoms with van der Waals surface area (Å²) in [6.45, 7) is 12.3. The Morgan fingerprint density at radius 1 is 1.07 bits per heavy atom. The summed E-state index contributed by atoms with van der Waals surface area (Å²) in [4.78, 5) is 6.72. The molecule has 2 nitrogen and oxygen atoms in total. The molecular weight excluding hydrogens is 335 g/mol. The monoisotopic (exact) mass is 356 g/mol. The predicted octanol–water partition coefficient (Wildman–Crippen LogP) is 4.88. The predicted molar refractivity (Wildman–Crippen MR) is 112 cm³/mol. The smallest absolute Gasteiger partial charge is 0.123 e. The maximum Gasteiger partial charge on any atom is 0.123 e. The van der Waals surface area contributed by atoms with Gasteiger partial charge in [-0.1, -0.05) is 43.5 Å². The third-order valence-corrected chi connectivity index (χ3v) is 4.88. The fraction of sp³-hybridized carbons (Fsp3) is 0.0833. The molecule has 0 aliphatic heterocycles. The molecule has 2 aromatic heterocycles. The van der Waals surface area contributed by atoms with Crippen LogP contribution in [-0.4, -0.2) is 9.97 Å². The van der Waals surface area contributed by atoms with Crippen LogP contribution in [0.5, 0.6) is 0 Å². The SMILES string of the molecule is C=C(C)c1c(C)[nH]c(/C=c2\c(=C)[nH]c3ccc(F)cc23)c1-c1ccccc1. The second-order valence-electron chi connectivity index (χ2n) is 6.91. The summed E-state index contributed by atoms with van der Waals surface area (Å²) >= 11 is 0. The Balaban J connectivity index is 2.07. The highest BCUT2D eigenvalue weighted by Gasteiger charge is 2.16. The summed E-state index contributed by atoms with van der Waals surface area (Å²) in [7, 11) is 0. The standard InChI is InChI=1S/C24H21FN2/c1-14(2)23-16(4)27-22(24(23)17-8-6-5-7-9-17)13-19-15(3)26-21-11-10-18(25)12-20(19)21/h5-13,26-27H,1,3H2,2,4H3/b19-13+. The molecular formula is C24H21FN2. The molecule has 0 unspecified atom stereocenters. The van der Waals surface area contributed by atoms with Gasteiger partial charge in [0.1, 0.15) is 5.82 Å². The Kier molecular flexibility index (Phi) is 4.08. The highest BCUT2D eigenvalue weighted by Crippen LogP contribution is 2.34. The molecule has 0 spiro atoms. The first kappa shape index (κ1) is 17.1. The summed E-state index contributed by atoms with van der Waals surface area (Å²) in [6, 6.07) is 15.0. The van der Waals surface area contributed by atoms with Crippen LogP contribution in [0.15, 0.2) is 55.1 Å². The number of halogens is 1. The minimum atomic E-state index is -0.260. The van der Waals surface area contributed by atoms with E-state index in [1.165, 1.54) is 6.07 Å². The van der Waals surface area contributed by atoms with Crippen molar-refractivity contribution in [3.8, 4) is 11.1 Å². The topological polar surface area (TPSA) is 31.6 Å². The van der Waals surface area contributed by atoms with E-state index in [1.54, 1.807) is 12.1 Å². The van der Waals surface area contributed by atoms with Crippen LogP contribution in [0.2, 0.25) is 0 Å². The molecule has 0 saturated heterocycles. The molecule has 0 bridgehead atoms. The first-order chi connectivity index (χ1) is 13.0. The molecule has 0 atom stereocenters. The van der Waals surface area contributed by atoms with Crippen molar-refractivity contribution in [2.24, 2.45) is 0 Å². The van der Waals surface area contributed by atoms with E-state index in [4.69, 9.17) is 0 Å². The molecule has 2 heterocycles. The maximum atomic E-state index is 13.8. The largest absolute Gasteiger partial charge is 0.358 e. The molecule has 0 amide bonds. The fourth-order valence-electron chi connectivity index (χ4n) is 3.75. The van der Waals surface area contributed by atoms with Gasteiger partial charge in [0.05, 0.1) is 0 Å². The van der Waals surface area contributed by atoms with E-state index in [9.17, 15) is 4.39 Å². The zero-order valence-corrected chi connectivity index (χ0v) is 15.5. The third-order valence-electron chi connectivity index (χ3n) is 4.88. The minimum absolute atomic E-state index is 0.260. The maximum absolute atomic E-state index is 13.8. The number of hydrogen-bond donors (Lipinski definition) is 2. The average Bonchev–Trinajstić information content (AvgIpc) is 3.13. The van der Waals surface area contributed by atoms with Gasteiger partial charge in [-0.3, -0.25) is 0 Å². The van der Waals surface area contributed by atoms with Crippen molar-refractivity contribution in [2.45, 2.75) is 13.8 Å². The second-order valence-corrected chi connectivity index (χ2v) is 6.91. The molecule has 27 heavy (non-hydrogen) atoms. The number of nitrogens with one attached hydrogen (secondary N) is 2. The number of hydrogen-bond acceptors (Lipinski definition) is 0. The number of allylic oxidation sites excluding steroid dienone is 1. The molecule has 0 fully saturated rings. The highest BCUT2D eigenvalue weighted by atomic mass is 19.1. The van der Waals surface area contributed by atoms with Crippen molar-refractivity contribution in [3.63, 3.8) is 0 Å². The number of H-pyrrole nitrogens is 2. The van der Waals surface area contributed by atoms with E-state index >= 15 is 0 Å². The van der Waals surface area contributed by atoms with Crippen LogP contribution >= 0.6 is 0 Å². The lowest BCUT2D eigenvalue weighted by molar-refractivity contribution is 0.629. The molecule has 3 heteroatoms. The summed E-state index contributed by atoms with van der Waals surface area (Å²) in [6.07, 6.45) is 2.04. The highest BCUT2D eigenvalue weighted by molar-refractivity contribution is 5.89. The number of fused-ring (bicyclic) bond motifs is 1. The van der Waals surface area contributed by atoms with E-state index in [2.05, 4.69) is 35.3 Å². The lowest BCUT2D eigenvalue weighted by Gasteiger charge is -2.06. The molecule has 134 valence electrons. The minimum Gasteiger partial charge on any atom is -0.358 e. The van der Waals surface area contributed by atoms with Crippen molar-refractivity contribution in [1.29, 1.82) is 0 Å². The van der Waals surface area contributed by atoms with Gasteiger partial charge < -0.3 is 9.97 Å². The number of aromatic amines is 2. The first-order valence-electron chi connectivity index (χ1n) is 8.87. The molecule has 2 N–H and O–H groups in total. The van der Waals surface area contributed by atoms with Crippen LogP contribution in [0, 0.1) is 12.7 Å². The summed E-state index contributed by atoms with van der Waals surface area (Å²) in [5, 5.41) is 2.47. The van der Waals surface area contributed by atoms with Crippen molar-refractivity contribution in [3.05, 3.63) is 88.4 Å². The normalized spacial score (nSPS) is 12.0. The quantitative estimate of drug-likeness (QED) is 0.524. The Hall–Kier alpha value is -3.33. The molecule has 0 saturated carbocycles. The van der Waals surface area contributed by atoms with E-state index in [1.807, 2.05) is 38.1 Å². The van der Waals surface area contributed by atoms with Gasteiger partial charge in [-0.05, 0) is 49.3 Å². The van der Waals surface area contributed by atoms with Crippen molar-refractivity contribution in [2.75, 3.05) is 0 Å². The van der Waals surface area contributed by atoms with Gasteiger partial charge in [-0.15, -0.1) is 0 Å². The van der Waals surface area contributed by atoms with Crippen LogP contribution in [0.25, 0.3) is 40.3 Å². The molecule has 0 radical (unpaired) electrons. The van der Waals surface area contributed by atoms with Crippen LogP contribution in [0.1, 0.15) is 23.9 Å². The number of aryl methyl sites for hydroxylation is 1. The van der Waals surface area contributed by atoms with E-state index < -0.39 is 0 Å². The van der Waals surface area contributed by atoms with Crippen LogP contribution < -0.4 is 10.6 Å². The first-order valence-corrected chi connectivity index (χ1v) is 8.87. The lowest BCUT2D eigenvalue weighted by atomic mass is 9.96. The van der Waals surface area contributed by atoms with Gasteiger partial charge in [0.15, 0.2) is 0 Å². The van der Waals surface area contributed by atoms with Crippen LogP contribution in [0.4, 0.5) is 4.39 Å². The third kappa shape index (κ3) is 2.91. The zero-order valence-electron chi connectivity index (χ0n) is 15.5. The summed E-state index contributed by atoms with van der Waals surface area (Å²) in [5.41, 5.74) is 7.23. The van der Waals surface area contributed by atoms with Gasteiger partial charge in [0.25, 0.3) is 0 Å². The molecule has 0 aliphatic carbocycles. The van der Waals surface area contributed by atoms with Gasteiger partial charge in [-0.25, -0.2) is 4.39 Å². The molecule has 2 aromatic carbocycles.